The molecule has 8 heteroatoms. The van der Waals surface area contributed by atoms with Gasteiger partial charge in [0.1, 0.15) is 0 Å². The van der Waals surface area contributed by atoms with Crippen LogP contribution in [0.2, 0.25) is 0 Å². The quantitative estimate of drug-likeness (QED) is 0.806. The van der Waals surface area contributed by atoms with Crippen LogP contribution in [-0.2, 0) is 26.0 Å². The number of para-hydroxylation sites is 1. The molecule has 136 valence electrons. The van der Waals surface area contributed by atoms with Crippen LogP contribution in [0.1, 0.15) is 15.9 Å². The number of esters is 1. The lowest BCUT2D eigenvalue weighted by atomic mass is 10.2. The molecule has 0 unspecified atom stereocenters. The molecule has 0 saturated carbocycles. The van der Waals surface area contributed by atoms with Gasteiger partial charge >= 0.3 is 5.97 Å². The van der Waals surface area contributed by atoms with Gasteiger partial charge in [-0.3, -0.25) is 9.52 Å². The fourth-order valence-corrected chi connectivity index (χ4v) is 3.36. The third-order valence-electron chi connectivity index (χ3n) is 3.92. The van der Waals surface area contributed by atoms with Crippen molar-refractivity contribution in [3.05, 3.63) is 59.7 Å². The average molecular weight is 374 g/mol. The van der Waals surface area contributed by atoms with Crippen LogP contribution < -0.4 is 9.62 Å². The molecule has 7 nitrogen and oxygen atoms in total. The Kier molecular flexibility index (Phi) is 4.94. The Balaban J connectivity index is 1.63. The summed E-state index contributed by atoms with van der Waals surface area (Å²) >= 11 is 0. The van der Waals surface area contributed by atoms with Gasteiger partial charge in [0.15, 0.2) is 6.61 Å². The van der Waals surface area contributed by atoms with Crippen molar-refractivity contribution >= 4 is 33.3 Å². The molecule has 1 heterocycles. The Morgan fingerprint density at radius 2 is 1.92 bits per heavy atom. The zero-order chi connectivity index (χ0) is 18.7. The number of nitrogens with zero attached hydrogens (tertiary/aromatic N) is 1. The highest BCUT2D eigenvalue weighted by Crippen LogP contribution is 2.27. The molecule has 26 heavy (non-hydrogen) atoms. The van der Waals surface area contributed by atoms with E-state index in [1.54, 1.807) is 4.90 Å². The molecule has 0 radical (unpaired) electrons. The van der Waals surface area contributed by atoms with E-state index in [1.165, 1.54) is 24.3 Å². The Morgan fingerprint density at radius 3 is 2.69 bits per heavy atom. The van der Waals surface area contributed by atoms with Crippen molar-refractivity contribution in [1.29, 1.82) is 0 Å². The minimum Gasteiger partial charge on any atom is -0.452 e. The molecular formula is C18H18N2O5S. The van der Waals surface area contributed by atoms with Gasteiger partial charge in [0, 0.05) is 17.9 Å². The van der Waals surface area contributed by atoms with Crippen molar-refractivity contribution < 1.29 is 22.7 Å². The lowest BCUT2D eigenvalue weighted by Crippen LogP contribution is -2.33. The summed E-state index contributed by atoms with van der Waals surface area (Å²) in [6.07, 6.45) is 1.79. The van der Waals surface area contributed by atoms with E-state index >= 15 is 0 Å². The minimum absolute atomic E-state index is 0.160. The molecule has 0 atom stereocenters. The third kappa shape index (κ3) is 4.20. The lowest BCUT2D eigenvalue weighted by Gasteiger charge is -2.17. The first kappa shape index (κ1) is 17.9. The molecule has 0 fully saturated rings. The van der Waals surface area contributed by atoms with E-state index in [2.05, 4.69) is 4.72 Å². The molecule has 2 aromatic rings. The van der Waals surface area contributed by atoms with E-state index < -0.39 is 16.0 Å². The fraction of sp³-hybridized carbons (Fsp3) is 0.222. The summed E-state index contributed by atoms with van der Waals surface area (Å²) in [5, 5.41) is 0. The molecule has 0 spiro atoms. The van der Waals surface area contributed by atoms with Crippen molar-refractivity contribution in [2.45, 2.75) is 6.42 Å². The normalized spacial score (nSPS) is 13.2. The summed E-state index contributed by atoms with van der Waals surface area (Å²) in [5.41, 5.74) is 2.34. The van der Waals surface area contributed by atoms with Crippen molar-refractivity contribution in [2.24, 2.45) is 0 Å². The maximum absolute atomic E-state index is 12.4. The van der Waals surface area contributed by atoms with Gasteiger partial charge in [0.05, 0.1) is 11.8 Å². The van der Waals surface area contributed by atoms with E-state index in [0.717, 1.165) is 23.9 Å². The average Bonchev–Trinajstić information content (AvgIpc) is 3.02. The Labute approximate surface area is 151 Å². The fourth-order valence-electron chi connectivity index (χ4n) is 2.81. The van der Waals surface area contributed by atoms with Gasteiger partial charge in [-0.15, -0.1) is 0 Å². The van der Waals surface area contributed by atoms with Crippen LogP contribution in [0, 0.1) is 0 Å². The van der Waals surface area contributed by atoms with Gasteiger partial charge in [-0.1, -0.05) is 24.3 Å². The van der Waals surface area contributed by atoms with Crippen molar-refractivity contribution in [1.82, 2.24) is 0 Å². The number of ether oxygens (including phenoxy) is 1. The van der Waals surface area contributed by atoms with Crippen LogP contribution in [0.4, 0.5) is 11.4 Å². The summed E-state index contributed by atoms with van der Waals surface area (Å²) in [7, 11) is -3.45. The third-order valence-corrected chi connectivity index (χ3v) is 4.52. The largest absolute Gasteiger partial charge is 0.452 e. The van der Waals surface area contributed by atoms with Crippen LogP contribution in [0.3, 0.4) is 0 Å². The molecule has 3 rings (SSSR count). The summed E-state index contributed by atoms with van der Waals surface area (Å²) in [5.74, 6) is -0.989. The highest BCUT2D eigenvalue weighted by atomic mass is 32.2. The van der Waals surface area contributed by atoms with Crippen molar-refractivity contribution in [3.8, 4) is 0 Å². The van der Waals surface area contributed by atoms with Gasteiger partial charge in [-0.05, 0) is 36.2 Å². The SMILES string of the molecule is CS(=O)(=O)Nc1cccc(C(=O)OCC(=O)N2CCc3ccccc32)c1. The zero-order valence-corrected chi connectivity index (χ0v) is 15.0. The lowest BCUT2D eigenvalue weighted by molar-refractivity contribution is -0.121. The van der Waals surface area contributed by atoms with Gasteiger partial charge in [0.25, 0.3) is 5.91 Å². The monoisotopic (exact) mass is 374 g/mol. The molecule has 0 saturated heterocycles. The van der Waals surface area contributed by atoms with Crippen molar-refractivity contribution in [3.63, 3.8) is 0 Å². The second kappa shape index (κ2) is 7.17. The number of nitrogens with one attached hydrogen (secondary N) is 1. The number of carbonyl (C=O) groups excluding carboxylic acids is 2. The van der Waals surface area contributed by atoms with Crippen LogP contribution >= 0.6 is 0 Å². The summed E-state index contributed by atoms with van der Waals surface area (Å²) in [6.45, 7) is 0.181. The van der Waals surface area contributed by atoms with Gasteiger partial charge < -0.3 is 9.64 Å². The minimum atomic E-state index is -3.45. The van der Waals surface area contributed by atoms with E-state index in [-0.39, 0.29) is 23.8 Å². The first-order valence-corrected chi connectivity index (χ1v) is 9.86. The standard InChI is InChI=1S/C18H18N2O5S/c1-26(23,24)19-15-7-4-6-14(11-15)18(22)25-12-17(21)20-10-9-13-5-2-3-8-16(13)20/h2-8,11,19H,9-10,12H2,1H3. The van der Waals surface area contributed by atoms with Crippen LogP contribution in [-0.4, -0.2) is 39.7 Å². The number of carbonyl (C=O) groups is 2. The second-order valence-corrected chi connectivity index (χ2v) is 7.70. The molecule has 1 amide bonds. The highest BCUT2D eigenvalue weighted by Gasteiger charge is 2.25. The molecule has 1 aliphatic rings. The molecule has 0 aromatic heterocycles. The smallest absolute Gasteiger partial charge is 0.338 e. The second-order valence-electron chi connectivity index (χ2n) is 5.96. The molecule has 1 aliphatic heterocycles. The molecule has 1 N–H and O–H groups in total. The van der Waals surface area contributed by atoms with Gasteiger partial charge in [-0.25, -0.2) is 13.2 Å². The number of hydrogen-bond donors (Lipinski definition) is 1. The Morgan fingerprint density at radius 1 is 1.15 bits per heavy atom. The highest BCUT2D eigenvalue weighted by molar-refractivity contribution is 7.92. The van der Waals surface area contributed by atoms with E-state index in [4.69, 9.17) is 4.74 Å². The van der Waals surface area contributed by atoms with E-state index in [9.17, 15) is 18.0 Å². The number of hydrogen-bond acceptors (Lipinski definition) is 5. The number of sulfonamides is 1. The van der Waals surface area contributed by atoms with Crippen LogP contribution in [0.25, 0.3) is 0 Å². The first-order valence-electron chi connectivity index (χ1n) is 7.97. The van der Waals surface area contributed by atoms with Gasteiger partial charge in [-0.2, -0.15) is 0 Å². The predicted octanol–water partition coefficient (Wildman–Crippen LogP) is 1.80. The number of fused-ring (bicyclic) bond motifs is 1. The number of amides is 1. The first-order chi connectivity index (χ1) is 12.3. The van der Waals surface area contributed by atoms with E-state index in [1.807, 2.05) is 24.3 Å². The molecular weight excluding hydrogens is 356 g/mol. The number of benzene rings is 2. The number of rotatable bonds is 5. The molecule has 0 bridgehead atoms. The van der Waals surface area contributed by atoms with Crippen LogP contribution in [0.15, 0.2) is 48.5 Å². The Hall–Kier alpha value is -2.87. The van der Waals surface area contributed by atoms with Crippen LogP contribution in [0.5, 0.6) is 0 Å². The maximum Gasteiger partial charge on any atom is 0.338 e. The van der Waals surface area contributed by atoms with Gasteiger partial charge in [0.2, 0.25) is 10.0 Å². The molecule has 2 aromatic carbocycles. The number of anilines is 2. The predicted molar refractivity (Wildman–Crippen MR) is 97.7 cm³/mol. The summed E-state index contributed by atoms with van der Waals surface area (Å²) < 4.78 is 29.9. The summed E-state index contributed by atoms with van der Waals surface area (Å²) in [4.78, 5) is 26.1. The van der Waals surface area contributed by atoms with Crippen molar-refractivity contribution in [2.75, 3.05) is 29.0 Å². The zero-order valence-electron chi connectivity index (χ0n) is 14.1. The topological polar surface area (TPSA) is 92.8 Å². The Bertz CT molecular complexity index is 956. The van der Waals surface area contributed by atoms with E-state index in [0.29, 0.717) is 6.54 Å². The molecule has 0 aliphatic carbocycles. The summed E-state index contributed by atoms with van der Waals surface area (Å²) in [6, 6.07) is 13.5. The maximum atomic E-state index is 12.4.